The Morgan fingerprint density at radius 1 is 1.26 bits per heavy atom. The average Bonchev–Trinajstić information content (AvgIpc) is 3.21. The average molecular weight is 261 g/mol. The molecule has 1 aromatic rings. The zero-order valence-electron chi connectivity index (χ0n) is 12.7. The van der Waals surface area contributed by atoms with Crippen LogP contribution in [-0.4, -0.2) is 19.3 Å². The standard InChI is InChI=1S/C17H27NO/c1-5-18-16(17(19-6-2)14-9-10-14)15-11-12(3)7-8-13(15)4/h7-8,11,14,16-18H,5-6,9-10H2,1-4H3. The van der Waals surface area contributed by atoms with E-state index in [2.05, 4.69) is 51.2 Å². The molecule has 0 aromatic heterocycles. The molecule has 1 aliphatic rings. The van der Waals surface area contributed by atoms with Gasteiger partial charge in [0.2, 0.25) is 0 Å². The molecule has 2 heteroatoms. The largest absolute Gasteiger partial charge is 0.376 e. The van der Waals surface area contributed by atoms with Gasteiger partial charge < -0.3 is 10.1 Å². The fourth-order valence-corrected chi connectivity index (χ4v) is 2.84. The fraction of sp³-hybridized carbons (Fsp3) is 0.647. The van der Waals surface area contributed by atoms with Gasteiger partial charge in [0, 0.05) is 6.61 Å². The molecule has 1 aromatic carbocycles. The summed E-state index contributed by atoms with van der Waals surface area (Å²) in [6.45, 7) is 10.4. The molecule has 1 aliphatic carbocycles. The summed E-state index contributed by atoms with van der Waals surface area (Å²) in [5.74, 6) is 0.740. The van der Waals surface area contributed by atoms with Gasteiger partial charge in [0.15, 0.2) is 0 Å². The number of nitrogens with one attached hydrogen (secondary N) is 1. The smallest absolute Gasteiger partial charge is 0.0797 e. The third-order valence-corrected chi connectivity index (χ3v) is 3.97. The van der Waals surface area contributed by atoms with E-state index >= 15 is 0 Å². The number of hydrogen-bond acceptors (Lipinski definition) is 2. The minimum atomic E-state index is 0.324. The monoisotopic (exact) mass is 261 g/mol. The summed E-state index contributed by atoms with van der Waals surface area (Å²) in [7, 11) is 0. The Hall–Kier alpha value is -0.860. The first kappa shape index (κ1) is 14.5. The number of aryl methyl sites for hydroxylation is 2. The van der Waals surface area contributed by atoms with Crippen molar-refractivity contribution in [3.8, 4) is 0 Å². The molecule has 0 aliphatic heterocycles. The quantitative estimate of drug-likeness (QED) is 0.806. The normalized spacial score (nSPS) is 18.3. The lowest BCUT2D eigenvalue weighted by molar-refractivity contribution is 0.0188. The lowest BCUT2D eigenvalue weighted by atomic mass is 9.93. The molecule has 1 N–H and O–H groups in total. The molecule has 0 amide bonds. The van der Waals surface area contributed by atoms with Crippen LogP contribution in [0.3, 0.4) is 0 Å². The fourth-order valence-electron chi connectivity index (χ4n) is 2.84. The van der Waals surface area contributed by atoms with Crippen LogP contribution in [-0.2, 0) is 4.74 Å². The molecule has 1 saturated carbocycles. The van der Waals surface area contributed by atoms with Gasteiger partial charge in [-0.1, -0.05) is 30.7 Å². The predicted molar refractivity (Wildman–Crippen MR) is 80.5 cm³/mol. The summed E-state index contributed by atoms with van der Waals surface area (Å²) >= 11 is 0. The Balaban J connectivity index is 2.28. The van der Waals surface area contributed by atoms with E-state index < -0.39 is 0 Å². The SMILES string of the molecule is CCNC(c1cc(C)ccc1C)C(OCC)C1CC1. The number of rotatable bonds is 7. The van der Waals surface area contributed by atoms with Crippen LogP contribution in [0.1, 0.15) is 49.4 Å². The van der Waals surface area contributed by atoms with E-state index in [0.29, 0.717) is 12.1 Å². The van der Waals surface area contributed by atoms with Crippen molar-refractivity contribution in [1.29, 1.82) is 0 Å². The molecular formula is C17H27NO. The predicted octanol–water partition coefficient (Wildman–Crippen LogP) is 3.77. The topological polar surface area (TPSA) is 21.3 Å². The van der Waals surface area contributed by atoms with Crippen molar-refractivity contribution in [3.05, 3.63) is 34.9 Å². The van der Waals surface area contributed by atoms with E-state index in [1.54, 1.807) is 0 Å². The van der Waals surface area contributed by atoms with E-state index in [9.17, 15) is 0 Å². The van der Waals surface area contributed by atoms with Crippen LogP contribution in [0.25, 0.3) is 0 Å². The highest BCUT2D eigenvalue weighted by Gasteiger charge is 2.38. The zero-order chi connectivity index (χ0) is 13.8. The van der Waals surface area contributed by atoms with Gasteiger partial charge >= 0.3 is 0 Å². The summed E-state index contributed by atoms with van der Waals surface area (Å²) in [5.41, 5.74) is 4.10. The second kappa shape index (κ2) is 6.53. The number of ether oxygens (including phenoxy) is 1. The van der Waals surface area contributed by atoms with Crippen molar-refractivity contribution in [2.45, 2.75) is 52.7 Å². The maximum Gasteiger partial charge on any atom is 0.0797 e. The molecule has 0 saturated heterocycles. The van der Waals surface area contributed by atoms with Crippen LogP contribution >= 0.6 is 0 Å². The summed E-state index contributed by atoms with van der Waals surface area (Å²) in [5, 5.41) is 3.65. The number of likely N-dealkylation sites (N-methyl/N-ethyl adjacent to an activating group) is 1. The van der Waals surface area contributed by atoms with Gasteiger partial charge in [-0.2, -0.15) is 0 Å². The molecule has 19 heavy (non-hydrogen) atoms. The lowest BCUT2D eigenvalue weighted by Crippen LogP contribution is -2.36. The second-order valence-electron chi connectivity index (χ2n) is 5.65. The summed E-state index contributed by atoms with van der Waals surface area (Å²) < 4.78 is 6.07. The van der Waals surface area contributed by atoms with Crippen molar-refractivity contribution in [2.75, 3.05) is 13.2 Å². The maximum absolute atomic E-state index is 6.07. The van der Waals surface area contributed by atoms with Crippen molar-refractivity contribution in [2.24, 2.45) is 5.92 Å². The Morgan fingerprint density at radius 2 is 2.00 bits per heavy atom. The molecular weight excluding hydrogens is 234 g/mol. The number of hydrogen-bond donors (Lipinski definition) is 1. The Kier molecular flexibility index (Phi) is 5.00. The highest BCUT2D eigenvalue weighted by molar-refractivity contribution is 5.34. The van der Waals surface area contributed by atoms with Crippen molar-refractivity contribution < 1.29 is 4.74 Å². The maximum atomic E-state index is 6.07. The second-order valence-corrected chi connectivity index (χ2v) is 5.65. The third kappa shape index (κ3) is 3.58. The van der Waals surface area contributed by atoms with Crippen LogP contribution in [0.15, 0.2) is 18.2 Å². The first-order valence-electron chi connectivity index (χ1n) is 7.59. The molecule has 2 rings (SSSR count). The Labute approximate surface area is 117 Å². The highest BCUT2D eigenvalue weighted by atomic mass is 16.5. The molecule has 0 bridgehead atoms. The molecule has 1 fully saturated rings. The Morgan fingerprint density at radius 3 is 2.58 bits per heavy atom. The van der Waals surface area contributed by atoms with E-state index in [0.717, 1.165) is 19.1 Å². The molecule has 2 atom stereocenters. The van der Waals surface area contributed by atoms with Gasteiger partial charge in [0.25, 0.3) is 0 Å². The minimum Gasteiger partial charge on any atom is -0.376 e. The Bertz CT molecular complexity index is 412. The van der Waals surface area contributed by atoms with Crippen molar-refractivity contribution in [1.82, 2.24) is 5.32 Å². The van der Waals surface area contributed by atoms with Crippen LogP contribution in [0.4, 0.5) is 0 Å². The summed E-state index contributed by atoms with van der Waals surface area (Å²) in [6, 6.07) is 7.06. The van der Waals surface area contributed by atoms with Crippen LogP contribution in [0, 0.1) is 19.8 Å². The molecule has 0 radical (unpaired) electrons. The number of benzene rings is 1. The van der Waals surface area contributed by atoms with E-state index in [4.69, 9.17) is 4.74 Å². The molecule has 2 nitrogen and oxygen atoms in total. The first-order chi connectivity index (χ1) is 9.17. The van der Waals surface area contributed by atoms with Crippen LogP contribution < -0.4 is 5.32 Å². The van der Waals surface area contributed by atoms with Gasteiger partial charge in [0.05, 0.1) is 12.1 Å². The molecule has 0 heterocycles. The zero-order valence-corrected chi connectivity index (χ0v) is 12.7. The van der Waals surface area contributed by atoms with Crippen molar-refractivity contribution >= 4 is 0 Å². The van der Waals surface area contributed by atoms with Gasteiger partial charge in [-0.25, -0.2) is 0 Å². The molecule has 0 spiro atoms. The van der Waals surface area contributed by atoms with Crippen LogP contribution in [0.2, 0.25) is 0 Å². The van der Waals surface area contributed by atoms with E-state index in [1.165, 1.54) is 29.5 Å². The van der Waals surface area contributed by atoms with Gasteiger partial charge in [0.1, 0.15) is 0 Å². The molecule has 2 unspecified atom stereocenters. The molecule has 106 valence electrons. The van der Waals surface area contributed by atoms with Crippen LogP contribution in [0.5, 0.6) is 0 Å². The minimum absolute atomic E-state index is 0.324. The van der Waals surface area contributed by atoms with E-state index in [-0.39, 0.29) is 0 Å². The van der Waals surface area contributed by atoms with Gasteiger partial charge in [-0.15, -0.1) is 0 Å². The third-order valence-electron chi connectivity index (χ3n) is 3.97. The first-order valence-corrected chi connectivity index (χ1v) is 7.59. The van der Waals surface area contributed by atoms with Gasteiger partial charge in [-0.05, 0) is 57.2 Å². The highest BCUT2D eigenvalue weighted by Crippen LogP contribution is 2.40. The summed E-state index contributed by atoms with van der Waals surface area (Å²) in [6.07, 6.45) is 2.96. The van der Waals surface area contributed by atoms with Gasteiger partial charge in [-0.3, -0.25) is 0 Å². The lowest BCUT2D eigenvalue weighted by Gasteiger charge is -2.29. The summed E-state index contributed by atoms with van der Waals surface area (Å²) in [4.78, 5) is 0. The van der Waals surface area contributed by atoms with E-state index in [1.807, 2.05) is 0 Å². The van der Waals surface area contributed by atoms with Crippen molar-refractivity contribution in [3.63, 3.8) is 0 Å².